The molecule has 0 amide bonds. The Balaban J connectivity index is 0.00000144. The molecule has 0 saturated heterocycles. The first kappa shape index (κ1) is 13.2. The third-order valence-electron chi connectivity index (χ3n) is 2.26. The molecule has 0 aromatic rings. The van der Waals surface area contributed by atoms with Crippen molar-refractivity contribution in [2.75, 3.05) is 12.4 Å². The zero-order valence-corrected chi connectivity index (χ0v) is 10.2. The molecule has 0 unspecified atom stereocenters. The fraction of sp³-hybridized carbons (Fsp3) is 0.800. The molecule has 0 radical (unpaired) electrons. The van der Waals surface area contributed by atoms with Gasteiger partial charge in [0.25, 0.3) is 0 Å². The first-order valence-electron chi connectivity index (χ1n) is 4.88. The lowest BCUT2D eigenvalue weighted by Gasteiger charge is -2.18. The quantitative estimate of drug-likeness (QED) is 0.649. The average Bonchev–Trinajstić information content (AvgIpc) is 2.46. The summed E-state index contributed by atoms with van der Waals surface area (Å²) in [5.74, 6) is 1.18. The summed E-state index contributed by atoms with van der Waals surface area (Å²) in [6.45, 7) is 5.73. The van der Waals surface area contributed by atoms with Gasteiger partial charge in [-0.15, -0.1) is 24.2 Å². The molecule has 1 rings (SSSR count). The molecule has 0 bridgehead atoms. The highest BCUT2D eigenvalue weighted by Gasteiger charge is 2.09. The van der Waals surface area contributed by atoms with E-state index in [0.717, 1.165) is 0 Å². The maximum Gasteiger partial charge on any atom is 0.0677 e. The predicted octanol–water partition coefficient (Wildman–Crippen LogP) is 3.86. The van der Waals surface area contributed by atoms with E-state index < -0.39 is 0 Å². The molecule has 0 atom stereocenters. The summed E-state index contributed by atoms with van der Waals surface area (Å²) in [4.78, 5) is 2.47. The first-order valence-corrected chi connectivity index (χ1v) is 5.92. The van der Waals surface area contributed by atoms with Gasteiger partial charge in [-0.1, -0.05) is 26.2 Å². The summed E-state index contributed by atoms with van der Waals surface area (Å²) in [6, 6.07) is 0. The van der Waals surface area contributed by atoms with Crippen molar-refractivity contribution >= 4 is 24.2 Å². The Labute approximate surface area is 92.4 Å². The smallest absolute Gasteiger partial charge is 0.0677 e. The fourth-order valence-corrected chi connectivity index (χ4v) is 2.37. The van der Waals surface area contributed by atoms with Crippen molar-refractivity contribution in [3.05, 3.63) is 11.1 Å². The topological polar surface area (TPSA) is 3.24 Å². The molecular formula is C10H20ClNS. The molecule has 0 N–H and O–H groups in total. The number of halogens is 1. The number of thioether (sulfide) groups is 1. The van der Waals surface area contributed by atoms with Gasteiger partial charge in [0, 0.05) is 12.2 Å². The van der Waals surface area contributed by atoms with Crippen molar-refractivity contribution < 1.29 is 0 Å². The summed E-state index contributed by atoms with van der Waals surface area (Å²) in [7, 11) is 0. The molecule has 0 aromatic carbocycles. The lowest BCUT2D eigenvalue weighted by atomic mass is 10.2. The van der Waals surface area contributed by atoms with Crippen molar-refractivity contribution in [1.29, 1.82) is 0 Å². The van der Waals surface area contributed by atoms with E-state index in [9.17, 15) is 0 Å². The second kappa shape index (κ2) is 7.57. The Hall–Kier alpha value is 0.180. The fourth-order valence-electron chi connectivity index (χ4n) is 1.39. The molecule has 0 spiro atoms. The van der Waals surface area contributed by atoms with Crippen LogP contribution in [-0.2, 0) is 0 Å². The number of allylic oxidation sites excluding steroid dienone is 1. The highest BCUT2D eigenvalue weighted by molar-refractivity contribution is 8.02. The molecule has 78 valence electrons. The van der Waals surface area contributed by atoms with Crippen LogP contribution in [0.4, 0.5) is 0 Å². The van der Waals surface area contributed by atoms with E-state index in [4.69, 9.17) is 0 Å². The predicted molar refractivity (Wildman–Crippen MR) is 64.3 cm³/mol. The van der Waals surface area contributed by atoms with Crippen molar-refractivity contribution in [2.45, 2.75) is 39.5 Å². The Bertz CT molecular complexity index is 159. The molecular weight excluding hydrogens is 202 g/mol. The van der Waals surface area contributed by atoms with Gasteiger partial charge < -0.3 is 4.90 Å². The van der Waals surface area contributed by atoms with Gasteiger partial charge in [0.05, 0.1) is 5.88 Å². The van der Waals surface area contributed by atoms with Crippen LogP contribution in [0.1, 0.15) is 39.5 Å². The van der Waals surface area contributed by atoms with E-state index in [1.165, 1.54) is 43.8 Å². The molecule has 1 nitrogen and oxygen atoms in total. The first-order chi connectivity index (χ1) is 5.84. The van der Waals surface area contributed by atoms with Gasteiger partial charge in [-0.2, -0.15) is 0 Å². The van der Waals surface area contributed by atoms with E-state index in [2.05, 4.69) is 24.2 Å². The van der Waals surface area contributed by atoms with Gasteiger partial charge in [-0.3, -0.25) is 0 Å². The number of nitrogens with zero attached hydrogens (tertiary/aromatic N) is 1. The van der Waals surface area contributed by atoms with Gasteiger partial charge in [0.1, 0.15) is 0 Å². The van der Waals surface area contributed by atoms with Crippen molar-refractivity contribution in [3.63, 3.8) is 0 Å². The zero-order chi connectivity index (χ0) is 8.81. The van der Waals surface area contributed by atoms with E-state index >= 15 is 0 Å². The molecule has 1 heterocycles. The molecule has 1 aliphatic heterocycles. The Morgan fingerprint density at radius 3 is 2.69 bits per heavy atom. The standard InChI is InChI=1S/C10H19NS.ClH/c1-3-4-5-6-7-11-9-12-8-10(11)2;/h8H,3-7,9H2,1-2H3;1H. The molecule has 0 saturated carbocycles. The highest BCUT2D eigenvalue weighted by atomic mass is 35.5. The van der Waals surface area contributed by atoms with Crippen LogP contribution >= 0.6 is 24.2 Å². The van der Waals surface area contributed by atoms with Crippen LogP contribution in [0.5, 0.6) is 0 Å². The molecule has 0 aliphatic carbocycles. The number of hydrogen-bond donors (Lipinski definition) is 0. The third-order valence-corrected chi connectivity index (χ3v) is 3.23. The number of rotatable bonds is 5. The summed E-state index contributed by atoms with van der Waals surface area (Å²) < 4.78 is 0. The summed E-state index contributed by atoms with van der Waals surface area (Å²) in [5.41, 5.74) is 1.46. The Morgan fingerprint density at radius 2 is 2.15 bits per heavy atom. The van der Waals surface area contributed by atoms with Gasteiger partial charge in [0.15, 0.2) is 0 Å². The van der Waals surface area contributed by atoms with Crippen LogP contribution in [0.2, 0.25) is 0 Å². The minimum atomic E-state index is 0. The second-order valence-electron chi connectivity index (χ2n) is 3.38. The summed E-state index contributed by atoms with van der Waals surface area (Å²) >= 11 is 1.92. The zero-order valence-electron chi connectivity index (χ0n) is 8.58. The van der Waals surface area contributed by atoms with Crippen LogP contribution in [0.25, 0.3) is 0 Å². The summed E-state index contributed by atoms with van der Waals surface area (Å²) in [6.07, 6.45) is 5.48. The van der Waals surface area contributed by atoms with Crippen molar-refractivity contribution in [3.8, 4) is 0 Å². The summed E-state index contributed by atoms with van der Waals surface area (Å²) in [5, 5.41) is 2.26. The van der Waals surface area contributed by atoms with Gasteiger partial charge in [-0.05, 0) is 18.8 Å². The van der Waals surface area contributed by atoms with Crippen molar-refractivity contribution in [2.24, 2.45) is 0 Å². The molecule has 3 heteroatoms. The number of unbranched alkanes of at least 4 members (excludes halogenated alkanes) is 3. The monoisotopic (exact) mass is 221 g/mol. The normalized spacial score (nSPS) is 15.5. The number of hydrogen-bond acceptors (Lipinski definition) is 2. The third kappa shape index (κ3) is 4.82. The van der Waals surface area contributed by atoms with Crippen LogP contribution in [0.3, 0.4) is 0 Å². The van der Waals surface area contributed by atoms with Gasteiger partial charge in [0.2, 0.25) is 0 Å². The van der Waals surface area contributed by atoms with Gasteiger partial charge >= 0.3 is 0 Å². The minimum Gasteiger partial charge on any atom is -0.365 e. The largest absolute Gasteiger partial charge is 0.365 e. The van der Waals surface area contributed by atoms with E-state index in [1.54, 1.807) is 0 Å². The second-order valence-corrected chi connectivity index (χ2v) is 4.21. The Morgan fingerprint density at radius 1 is 1.38 bits per heavy atom. The van der Waals surface area contributed by atoms with E-state index in [1.807, 2.05) is 11.8 Å². The Kier molecular flexibility index (Phi) is 7.68. The molecule has 1 aliphatic rings. The van der Waals surface area contributed by atoms with Crippen LogP contribution < -0.4 is 0 Å². The van der Waals surface area contributed by atoms with Crippen LogP contribution in [0.15, 0.2) is 11.1 Å². The van der Waals surface area contributed by atoms with E-state index in [0.29, 0.717) is 0 Å². The minimum absolute atomic E-state index is 0. The maximum absolute atomic E-state index is 2.47. The van der Waals surface area contributed by atoms with Crippen LogP contribution in [-0.4, -0.2) is 17.3 Å². The van der Waals surface area contributed by atoms with Crippen LogP contribution in [0, 0.1) is 0 Å². The van der Waals surface area contributed by atoms with E-state index in [-0.39, 0.29) is 12.4 Å². The molecule has 13 heavy (non-hydrogen) atoms. The van der Waals surface area contributed by atoms with Crippen molar-refractivity contribution in [1.82, 2.24) is 4.90 Å². The molecule has 0 aromatic heterocycles. The van der Waals surface area contributed by atoms with Gasteiger partial charge in [-0.25, -0.2) is 0 Å². The lowest BCUT2D eigenvalue weighted by Crippen LogP contribution is -2.18. The molecule has 0 fully saturated rings. The highest BCUT2D eigenvalue weighted by Crippen LogP contribution is 2.22. The lowest BCUT2D eigenvalue weighted by molar-refractivity contribution is 0.393. The SMILES string of the molecule is CCCCCCN1CSC=C1C.Cl. The maximum atomic E-state index is 2.47. The average molecular weight is 222 g/mol.